The molecule has 0 aromatic rings. The second kappa shape index (κ2) is 5.04. The molecule has 0 spiro atoms. The molecule has 0 aromatic heterocycles. The maximum Gasteiger partial charge on any atom is -0.0245 e. The fraction of sp³-hybridized carbons (Fsp3) is 0.400. The highest BCUT2D eigenvalue weighted by molar-refractivity contribution is 5.25. The minimum absolute atomic E-state index is 1.05. The predicted octanol–water partition coefficient (Wildman–Crippen LogP) is 3.48. The molecule has 56 valence electrons. The van der Waals surface area contributed by atoms with E-state index in [-0.39, 0.29) is 0 Å². The Morgan fingerprint density at radius 1 is 1.50 bits per heavy atom. The highest BCUT2D eigenvalue weighted by Crippen LogP contribution is 2.13. The Balaban J connectivity index is 3.85. The molecule has 0 saturated heterocycles. The van der Waals surface area contributed by atoms with Crippen LogP contribution in [-0.2, 0) is 0 Å². The van der Waals surface area contributed by atoms with E-state index in [1.165, 1.54) is 11.1 Å². The highest BCUT2D eigenvalue weighted by atomic mass is 14.0. The van der Waals surface area contributed by atoms with Crippen molar-refractivity contribution in [1.82, 2.24) is 0 Å². The summed E-state index contributed by atoms with van der Waals surface area (Å²) in [5, 5.41) is 0. The summed E-state index contributed by atoms with van der Waals surface area (Å²) >= 11 is 0. The predicted molar refractivity (Wildman–Crippen MR) is 48.0 cm³/mol. The Hall–Kier alpha value is -0.780. The lowest BCUT2D eigenvalue weighted by Gasteiger charge is -2.02. The normalized spacial score (nSPS) is 11.2. The molecule has 0 aliphatic carbocycles. The largest absolute Gasteiger partial charge is 0.103 e. The monoisotopic (exact) mass is 136 g/mol. The van der Waals surface area contributed by atoms with Crippen LogP contribution in [0.2, 0.25) is 0 Å². The van der Waals surface area contributed by atoms with Gasteiger partial charge in [0.15, 0.2) is 0 Å². The zero-order valence-corrected chi connectivity index (χ0v) is 6.98. The van der Waals surface area contributed by atoms with Crippen LogP contribution in [0.25, 0.3) is 0 Å². The summed E-state index contributed by atoms with van der Waals surface area (Å²) < 4.78 is 0. The molecule has 0 aliphatic rings. The van der Waals surface area contributed by atoms with E-state index < -0.39 is 0 Å². The average molecular weight is 136 g/mol. The van der Waals surface area contributed by atoms with E-state index in [2.05, 4.69) is 19.2 Å². The first-order valence-electron chi connectivity index (χ1n) is 3.64. The third kappa shape index (κ3) is 3.29. The van der Waals surface area contributed by atoms with Crippen molar-refractivity contribution in [2.24, 2.45) is 0 Å². The van der Waals surface area contributed by atoms with Crippen LogP contribution in [0.15, 0.2) is 36.5 Å². The van der Waals surface area contributed by atoms with Gasteiger partial charge in [-0.05, 0) is 32.3 Å². The summed E-state index contributed by atoms with van der Waals surface area (Å²) in [5.41, 5.74) is 2.52. The van der Waals surface area contributed by atoms with Crippen LogP contribution in [0.4, 0.5) is 0 Å². The molecule has 10 heavy (non-hydrogen) atoms. The van der Waals surface area contributed by atoms with Gasteiger partial charge in [0, 0.05) is 0 Å². The molecule has 0 bridgehead atoms. The molecule has 0 N–H and O–H groups in total. The quantitative estimate of drug-likeness (QED) is 0.410. The molecule has 0 saturated carbocycles. The standard InChI is InChI=1S/C10H16/c1-5-7-8-10(6-2)9(3)4/h5-6H,1,3,7-8H2,2,4H3/b10-6-. The van der Waals surface area contributed by atoms with Crippen LogP contribution >= 0.6 is 0 Å². The Labute approximate surface area is 64.0 Å². The molecular weight excluding hydrogens is 120 g/mol. The van der Waals surface area contributed by atoms with E-state index >= 15 is 0 Å². The van der Waals surface area contributed by atoms with Crippen molar-refractivity contribution in [1.29, 1.82) is 0 Å². The second-order valence-electron chi connectivity index (χ2n) is 2.42. The first kappa shape index (κ1) is 9.22. The van der Waals surface area contributed by atoms with Gasteiger partial charge < -0.3 is 0 Å². The molecule has 0 atom stereocenters. The van der Waals surface area contributed by atoms with Gasteiger partial charge >= 0.3 is 0 Å². The second-order valence-corrected chi connectivity index (χ2v) is 2.42. The third-order valence-corrected chi connectivity index (χ3v) is 1.51. The first-order valence-corrected chi connectivity index (χ1v) is 3.64. The molecule has 0 unspecified atom stereocenters. The van der Waals surface area contributed by atoms with Gasteiger partial charge in [0.2, 0.25) is 0 Å². The van der Waals surface area contributed by atoms with Crippen molar-refractivity contribution >= 4 is 0 Å². The summed E-state index contributed by atoms with van der Waals surface area (Å²) in [4.78, 5) is 0. The average Bonchev–Trinajstić information content (AvgIpc) is 1.89. The van der Waals surface area contributed by atoms with E-state index in [0.29, 0.717) is 0 Å². The Morgan fingerprint density at radius 3 is 2.40 bits per heavy atom. The summed E-state index contributed by atoms with van der Waals surface area (Å²) in [6.07, 6.45) is 6.18. The van der Waals surface area contributed by atoms with Crippen LogP contribution in [0.3, 0.4) is 0 Å². The summed E-state index contributed by atoms with van der Waals surface area (Å²) in [7, 11) is 0. The Morgan fingerprint density at radius 2 is 2.10 bits per heavy atom. The van der Waals surface area contributed by atoms with Crippen molar-refractivity contribution in [3.05, 3.63) is 36.5 Å². The Bertz CT molecular complexity index is 149. The van der Waals surface area contributed by atoms with Gasteiger partial charge in [-0.25, -0.2) is 0 Å². The van der Waals surface area contributed by atoms with E-state index in [1.807, 2.05) is 19.9 Å². The van der Waals surface area contributed by atoms with Crippen LogP contribution in [0, 0.1) is 0 Å². The number of hydrogen-bond donors (Lipinski definition) is 0. The van der Waals surface area contributed by atoms with E-state index in [4.69, 9.17) is 0 Å². The van der Waals surface area contributed by atoms with Gasteiger partial charge in [0.25, 0.3) is 0 Å². The molecule has 0 nitrogen and oxygen atoms in total. The number of rotatable bonds is 4. The van der Waals surface area contributed by atoms with E-state index in [9.17, 15) is 0 Å². The lowest BCUT2D eigenvalue weighted by Crippen LogP contribution is -1.82. The Kier molecular flexibility index (Phi) is 4.65. The van der Waals surface area contributed by atoms with Gasteiger partial charge in [-0.15, -0.1) is 6.58 Å². The topological polar surface area (TPSA) is 0 Å². The zero-order chi connectivity index (χ0) is 7.98. The fourth-order valence-electron chi connectivity index (χ4n) is 0.862. The smallest absolute Gasteiger partial charge is 0.0245 e. The summed E-state index contributed by atoms with van der Waals surface area (Å²) in [6.45, 7) is 11.6. The summed E-state index contributed by atoms with van der Waals surface area (Å²) in [5.74, 6) is 0. The first-order chi connectivity index (χ1) is 4.72. The SMILES string of the molecule is C=CCC/C(=C/C)C(=C)C. The number of hydrogen-bond acceptors (Lipinski definition) is 0. The lowest BCUT2D eigenvalue weighted by molar-refractivity contribution is 0.985. The molecule has 0 heterocycles. The zero-order valence-electron chi connectivity index (χ0n) is 6.98. The minimum atomic E-state index is 1.05. The highest BCUT2D eigenvalue weighted by Gasteiger charge is 1.93. The summed E-state index contributed by atoms with van der Waals surface area (Å²) in [6, 6.07) is 0. The molecular formula is C10H16. The van der Waals surface area contributed by atoms with Gasteiger partial charge in [0.05, 0.1) is 0 Å². The van der Waals surface area contributed by atoms with Gasteiger partial charge in [0.1, 0.15) is 0 Å². The van der Waals surface area contributed by atoms with Crippen LogP contribution in [-0.4, -0.2) is 0 Å². The van der Waals surface area contributed by atoms with Crippen molar-refractivity contribution in [3.8, 4) is 0 Å². The van der Waals surface area contributed by atoms with Crippen molar-refractivity contribution in [2.45, 2.75) is 26.7 Å². The minimum Gasteiger partial charge on any atom is -0.103 e. The van der Waals surface area contributed by atoms with Crippen LogP contribution < -0.4 is 0 Å². The van der Waals surface area contributed by atoms with Crippen LogP contribution in [0.1, 0.15) is 26.7 Å². The van der Waals surface area contributed by atoms with E-state index in [1.54, 1.807) is 0 Å². The van der Waals surface area contributed by atoms with Crippen molar-refractivity contribution in [3.63, 3.8) is 0 Å². The maximum atomic E-state index is 3.88. The molecule has 0 aliphatic heterocycles. The van der Waals surface area contributed by atoms with Crippen LogP contribution in [0.5, 0.6) is 0 Å². The van der Waals surface area contributed by atoms with Gasteiger partial charge in [-0.1, -0.05) is 24.3 Å². The lowest BCUT2D eigenvalue weighted by atomic mass is 10.0. The van der Waals surface area contributed by atoms with Crippen molar-refractivity contribution < 1.29 is 0 Å². The molecule has 0 rings (SSSR count). The van der Waals surface area contributed by atoms with Gasteiger partial charge in [-0.3, -0.25) is 0 Å². The van der Waals surface area contributed by atoms with E-state index in [0.717, 1.165) is 12.8 Å². The molecule has 0 heteroatoms. The fourth-order valence-corrected chi connectivity index (χ4v) is 0.862. The molecule has 0 radical (unpaired) electrons. The molecule has 0 fully saturated rings. The molecule has 0 aromatic carbocycles. The maximum absolute atomic E-state index is 3.88. The van der Waals surface area contributed by atoms with Gasteiger partial charge in [-0.2, -0.15) is 0 Å². The van der Waals surface area contributed by atoms with Crippen molar-refractivity contribution in [2.75, 3.05) is 0 Å². The molecule has 0 amide bonds. The third-order valence-electron chi connectivity index (χ3n) is 1.51. The number of allylic oxidation sites excluding steroid dienone is 4.